The number of benzene rings is 3. The second-order valence-corrected chi connectivity index (χ2v) is 9.31. The maximum absolute atomic E-state index is 13.8. The number of anilines is 3. The van der Waals surface area contributed by atoms with E-state index in [0.29, 0.717) is 17.9 Å². The van der Waals surface area contributed by atoms with Crippen LogP contribution in [0.15, 0.2) is 71.6 Å². The van der Waals surface area contributed by atoms with Crippen molar-refractivity contribution in [1.82, 2.24) is 0 Å². The number of hydrogen-bond donors (Lipinski definition) is 2. The quantitative estimate of drug-likeness (QED) is 0.543. The van der Waals surface area contributed by atoms with Crippen molar-refractivity contribution in [1.29, 1.82) is 0 Å². The summed E-state index contributed by atoms with van der Waals surface area (Å²) < 4.78 is 54.6. The lowest BCUT2D eigenvalue weighted by Crippen LogP contribution is -2.35. The van der Waals surface area contributed by atoms with Crippen LogP contribution in [-0.2, 0) is 16.4 Å². The number of halogens is 2. The molecule has 0 aromatic heterocycles. The lowest BCUT2D eigenvalue weighted by atomic mass is 10.0. The molecule has 4 rings (SSSR count). The molecule has 0 saturated carbocycles. The fraction of sp³-hybridized carbons (Fsp3) is 0.136. The molecule has 3 aromatic carbocycles. The summed E-state index contributed by atoms with van der Waals surface area (Å²) in [6.45, 7) is 0.427. The van der Waals surface area contributed by atoms with E-state index in [1.165, 1.54) is 22.5 Å². The molecule has 1 aliphatic heterocycles. The molecule has 0 aliphatic carbocycles. The first-order valence-electron chi connectivity index (χ1n) is 9.58. The molecule has 0 spiro atoms. The highest BCUT2D eigenvalue weighted by Gasteiger charge is 2.28. The molecule has 0 fully saturated rings. The first-order valence-corrected chi connectivity index (χ1v) is 11.4. The zero-order chi connectivity index (χ0) is 22.0. The molecule has 0 bridgehead atoms. The van der Waals surface area contributed by atoms with Gasteiger partial charge in [-0.2, -0.15) is 0 Å². The van der Waals surface area contributed by atoms with Crippen molar-refractivity contribution in [3.05, 3.63) is 83.9 Å². The van der Waals surface area contributed by atoms with Gasteiger partial charge in [0.25, 0.3) is 10.0 Å². The topological polar surface area (TPSA) is 61.4 Å². The van der Waals surface area contributed by atoms with Crippen LogP contribution in [0.1, 0.15) is 12.0 Å². The van der Waals surface area contributed by atoms with Gasteiger partial charge in [-0.25, -0.2) is 17.2 Å². The number of aryl methyl sites for hydroxylation is 1. The van der Waals surface area contributed by atoms with E-state index in [9.17, 15) is 17.2 Å². The Morgan fingerprint density at radius 2 is 1.71 bits per heavy atom. The molecule has 1 aliphatic rings. The highest BCUT2D eigenvalue weighted by molar-refractivity contribution is 7.92. The second kappa shape index (κ2) is 8.60. The number of nitrogens with zero attached hydrogens (tertiary/aromatic N) is 1. The van der Waals surface area contributed by atoms with E-state index in [1.54, 1.807) is 12.1 Å². The normalized spacial score (nSPS) is 13.4. The summed E-state index contributed by atoms with van der Waals surface area (Å²) in [6, 6.07) is 16.8. The predicted octanol–water partition coefficient (Wildman–Crippen LogP) is 4.92. The monoisotopic (exact) mass is 459 g/mol. The zero-order valence-electron chi connectivity index (χ0n) is 16.3. The Morgan fingerprint density at radius 3 is 2.45 bits per heavy atom. The van der Waals surface area contributed by atoms with E-state index < -0.39 is 21.7 Å². The van der Waals surface area contributed by atoms with Gasteiger partial charge in [0, 0.05) is 18.3 Å². The first-order chi connectivity index (χ1) is 14.8. The van der Waals surface area contributed by atoms with E-state index >= 15 is 0 Å². The van der Waals surface area contributed by atoms with E-state index in [-0.39, 0.29) is 15.7 Å². The third-order valence-corrected chi connectivity index (χ3v) is 6.98. The lowest BCUT2D eigenvalue weighted by molar-refractivity contribution is 0.585. The van der Waals surface area contributed by atoms with Crippen LogP contribution in [-0.4, -0.2) is 20.1 Å². The third-order valence-electron chi connectivity index (χ3n) is 4.95. The molecule has 160 valence electrons. The molecular weight excluding hydrogens is 440 g/mol. The lowest BCUT2D eigenvalue weighted by Gasteiger charge is -2.30. The molecule has 0 atom stereocenters. The van der Waals surface area contributed by atoms with Gasteiger partial charge in [0.1, 0.15) is 11.6 Å². The van der Waals surface area contributed by atoms with Crippen molar-refractivity contribution in [3.8, 4) is 0 Å². The third kappa shape index (κ3) is 4.52. The molecular formula is C22H19F2N3O2S2. The highest BCUT2D eigenvalue weighted by Crippen LogP contribution is 2.32. The van der Waals surface area contributed by atoms with E-state index in [4.69, 9.17) is 12.2 Å². The molecule has 31 heavy (non-hydrogen) atoms. The Morgan fingerprint density at radius 1 is 0.968 bits per heavy atom. The smallest absolute Gasteiger partial charge is 0.264 e. The summed E-state index contributed by atoms with van der Waals surface area (Å²) in [6.07, 6.45) is 1.61. The Balaban J connectivity index is 1.48. The second-order valence-electron chi connectivity index (χ2n) is 7.04. The molecule has 0 unspecified atom stereocenters. The molecule has 0 amide bonds. The van der Waals surface area contributed by atoms with Crippen molar-refractivity contribution in [2.75, 3.05) is 21.5 Å². The standard InChI is InChI=1S/C22H19F2N3O2S2/c23-16-7-12-20(19(24)14-16)26-22(30)25-17-8-10-18(11-9-17)31(28,29)27-13-3-5-15-4-1-2-6-21(15)27/h1-2,4,6-12,14H,3,5,13H2,(H2,25,26,30). The fourth-order valence-corrected chi connectivity index (χ4v) is 5.23. The van der Waals surface area contributed by atoms with Crippen LogP contribution >= 0.6 is 12.2 Å². The van der Waals surface area contributed by atoms with Gasteiger partial charge in [0.2, 0.25) is 0 Å². The maximum atomic E-state index is 13.8. The summed E-state index contributed by atoms with van der Waals surface area (Å²) in [5, 5.41) is 5.59. The van der Waals surface area contributed by atoms with Crippen molar-refractivity contribution < 1.29 is 17.2 Å². The highest BCUT2D eigenvalue weighted by atomic mass is 32.2. The van der Waals surface area contributed by atoms with Crippen LogP contribution in [0.2, 0.25) is 0 Å². The fourth-order valence-electron chi connectivity index (χ4n) is 3.46. The number of hydrogen-bond acceptors (Lipinski definition) is 3. The Labute approximate surface area is 184 Å². The number of sulfonamides is 1. The average molecular weight is 460 g/mol. The van der Waals surface area contributed by atoms with Gasteiger partial charge >= 0.3 is 0 Å². The van der Waals surface area contributed by atoms with Crippen LogP contribution in [0.3, 0.4) is 0 Å². The molecule has 9 heteroatoms. The molecule has 1 heterocycles. The molecule has 0 radical (unpaired) electrons. The number of thiocarbonyl (C=S) groups is 1. The zero-order valence-corrected chi connectivity index (χ0v) is 17.9. The average Bonchev–Trinajstić information content (AvgIpc) is 2.75. The maximum Gasteiger partial charge on any atom is 0.264 e. The largest absolute Gasteiger partial charge is 0.332 e. The van der Waals surface area contributed by atoms with Gasteiger partial charge in [-0.15, -0.1) is 0 Å². The van der Waals surface area contributed by atoms with Crippen LogP contribution in [0, 0.1) is 11.6 Å². The molecule has 0 saturated heterocycles. The predicted molar refractivity (Wildman–Crippen MR) is 122 cm³/mol. The summed E-state index contributed by atoms with van der Waals surface area (Å²) in [4.78, 5) is 0.165. The summed E-state index contributed by atoms with van der Waals surface area (Å²) in [5.41, 5.74) is 2.28. The Bertz CT molecular complexity index is 1230. The minimum atomic E-state index is -3.71. The number of rotatable bonds is 4. The van der Waals surface area contributed by atoms with Crippen LogP contribution in [0.4, 0.5) is 25.8 Å². The van der Waals surface area contributed by atoms with Gasteiger partial charge in [-0.1, -0.05) is 18.2 Å². The number of nitrogens with one attached hydrogen (secondary N) is 2. The van der Waals surface area contributed by atoms with Gasteiger partial charge in [0.15, 0.2) is 5.11 Å². The Hall–Kier alpha value is -3.04. The Kier molecular flexibility index (Phi) is 5.88. The van der Waals surface area contributed by atoms with Crippen molar-refractivity contribution in [3.63, 3.8) is 0 Å². The van der Waals surface area contributed by atoms with Crippen LogP contribution in [0.25, 0.3) is 0 Å². The van der Waals surface area contributed by atoms with Crippen molar-refractivity contribution in [2.45, 2.75) is 17.7 Å². The van der Waals surface area contributed by atoms with Gasteiger partial charge in [-0.3, -0.25) is 4.31 Å². The van der Waals surface area contributed by atoms with Gasteiger partial charge in [-0.05, 0) is 73.1 Å². The first kappa shape index (κ1) is 21.2. The number of para-hydroxylation sites is 1. The summed E-state index contributed by atoms with van der Waals surface area (Å²) in [7, 11) is -3.71. The molecule has 2 N–H and O–H groups in total. The summed E-state index contributed by atoms with van der Waals surface area (Å²) >= 11 is 5.15. The van der Waals surface area contributed by atoms with E-state index in [0.717, 1.165) is 30.5 Å². The molecule has 3 aromatic rings. The minimum Gasteiger partial charge on any atom is -0.332 e. The summed E-state index contributed by atoms with van der Waals surface area (Å²) in [5.74, 6) is -1.46. The minimum absolute atomic E-state index is 0.0295. The van der Waals surface area contributed by atoms with Crippen LogP contribution < -0.4 is 14.9 Å². The van der Waals surface area contributed by atoms with Crippen LogP contribution in [0.5, 0.6) is 0 Å². The van der Waals surface area contributed by atoms with Gasteiger partial charge in [0.05, 0.1) is 16.3 Å². The van der Waals surface area contributed by atoms with Crippen molar-refractivity contribution >= 4 is 44.4 Å². The van der Waals surface area contributed by atoms with Crippen molar-refractivity contribution in [2.24, 2.45) is 0 Å². The SMILES string of the molecule is O=S(=O)(c1ccc(NC(=S)Nc2ccc(F)cc2F)cc1)N1CCCc2ccccc21. The molecule has 5 nitrogen and oxygen atoms in total. The van der Waals surface area contributed by atoms with E-state index in [1.807, 2.05) is 24.3 Å². The number of fused-ring (bicyclic) bond motifs is 1. The van der Waals surface area contributed by atoms with E-state index in [2.05, 4.69) is 10.6 Å². The van der Waals surface area contributed by atoms with Gasteiger partial charge < -0.3 is 10.6 Å².